The van der Waals surface area contributed by atoms with Crippen LogP contribution in [0.4, 0.5) is 5.69 Å². The average molecular weight is 396 g/mol. The minimum Gasteiger partial charge on any atom is -0.332 e. The quantitative estimate of drug-likeness (QED) is 0.767. The molecule has 1 amide bonds. The Kier molecular flexibility index (Phi) is 6.26. The van der Waals surface area contributed by atoms with Crippen LogP contribution in [0.1, 0.15) is 44.9 Å². The molecule has 0 radical (unpaired) electrons. The molecule has 0 atom stereocenters. The van der Waals surface area contributed by atoms with Crippen LogP contribution < -0.4 is 10.6 Å². The van der Waals surface area contributed by atoms with Crippen LogP contribution in [0, 0.1) is 5.92 Å². The van der Waals surface area contributed by atoms with E-state index in [4.69, 9.17) is 12.2 Å². The van der Waals surface area contributed by atoms with Crippen molar-refractivity contribution >= 4 is 38.9 Å². The van der Waals surface area contributed by atoms with Crippen molar-refractivity contribution in [3.05, 3.63) is 24.3 Å². The first-order valence-electron chi connectivity index (χ1n) is 9.19. The number of benzene rings is 1. The van der Waals surface area contributed by atoms with E-state index in [0.29, 0.717) is 18.8 Å². The SMILES string of the molecule is O=C(NC(=S)Nc1ccc(S(=O)(=O)N2CCCCC2)cc1)C1CCCC1. The molecule has 142 valence electrons. The van der Waals surface area contributed by atoms with Crippen molar-refractivity contribution in [1.82, 2.24) is 9.62 Å². The molecule has 2 N–H and O–H groups in total. The predicted octanol–water partition coefficient (Wildman–Crippen LogP) is 2.86. The molecule has 6 nitrogen and oxygen atoms in total. The highest BCUT2D eigenvalue weighted by Gasteiger charge is 2.26. The van der Waals surface area contributed by atoms with Gasteiger partial charge in [0, 0.05) is 24.7 Å². The van der Waals surface area contributed by atoms with Crippen LogP contribution >= 0.6 is 12.2 Å². The summed E-state index contributed by atoms with van der Waals surface area (Å²) in [6.07, 6.45) is 6.91. The van der Waals surface area contributed by atoms with E-state index in [1.165, 1.54) is 0 Å². The second-order valence-electron chi connectivity index (χ2n) is 6.91. The lowest BCUT2D eigenvalue weighted by molar-refractivity contribution is -0.123. The molecule has 1 aromatic rings. The lowest BCUT2D eigenvalue weighted by atomic mass is 10.1. The van der Waals surface area contributed by atoms with E-state index in [0.717, 1.165) is 44.9 Å². The Morgan fingerprint density at radius 1 is 1.00 bits per heavy atom. The lowest BCUT2D eigenvalue weighted by Gasteiger charge is -2.25. The number of nitrogens with one attached hydrogen (secondary N) is 2. The van der Waals surface area contributed by atoms with E-state index in [-0.39, 0.29) is 21.8 Å². The van der Waals surface area contributed by atoms with Crippen LogP contribution in [-0.4, -0.2) is 36.8 Å². The number of hydrogen-bond donors (Lipinski definition) is 2. The summed E-state index contributed by atoms with van der Waals surface area (Å²) in [7, 11) is -3.43. The van der Waals surface area contributed by atoms with Crippen molar-refractivity contribution < 1.29 is 13.2 Å². The van der Waals surface area contributed by atoms with Gasteiger partial charge in [0.05, 0.1) is 4.90 Å². The van der Waals surface area contributed by atoms with Crippen molar-refractivity contribution in [3.63, 3.8) is 0 Å². The molecule has 1 saturated heterocycles. The van der Waals surface area contributed by atoms with Gasteiger partial charge in [0.2, 0.25) is 15.9 Å². The second-order valence-corrected chi connectivity index (χ2v) is 9.26. The van der Waals surface area contributed by atoms with E-state index in [1.807, 2.05) is 0 Å². The highest BCUT2D eigenvalue weighted by molar-refractivity contribution is 7.89. The third-order valence-corrected chi connectivity index (χ3v) is 7.14. The maximum atomic E-state index is 12.6. The van der Waals surface area contributed by atoms with Crippen LogP contribution in [0.25, 0.3) is 0 Å². The van der Waals surface area contributed by atoms with Crippen molar-refractivity contribution in [2.75, 3.05) is 18.4 Å². The molecular formula is C18H25N3O3S2. The molecule has 0 spiro atoms. The number of hydrogen-bond acceptors (Lipinski definition) is 4. The Hall–Kier alpha value is -1.51. The number of thiocarbonyl (C=S) groups is 1. The van der Waals surface area contributed by atoms with E-state index in [9.17, 15) is 13.2 Å². The van der Waals surface area contributed by atoms with Gasteiger partial charge in [-0.15, -0.1) is 0 Å². The number of amides is 1. The molecule has 1 aromatic carbocycles. The molecular weight excluding hydrogens is 370 g/mol. The summed E-state index contributed by atoms with van der Waals surface area (Å²) in [5, 5.41) is 5.91. The van der Waals surface area contributed by atoms with Crippen LogP contribution in [0.15, 0.2) is 29.2 Å². The summed E-state index contributed by atoms with van der Waals surface area (Å²) in [5.74, 6) is 0.0103. The number of sulfonamides is 1. The molecule has 0 bridgehead atoms. The van der Waals surface area contributed by atoms with Gasteiger partial charge < -0.3 is 10.6 Å². The predicted molar refractivity (Wildman–Crippen MR) is 105 cm³/mol. The summed E-state index contributed by atoms with van der Waals surface area (Å²) in [6.45, 7) is 1.17. The molecule has 8 heteroatoms. The van der Waals surface area contributed by atoms with Gasteiger partial charge in [-0.3, -0.25) is 4.79 Å². The largest absolute Gasteiger partial charge is 0.332 e. The summed E-state index contributed by atoms with van der Waals surface area (Å²) < 4.78 is 26.8. The monoisotopic (exact) mass is 395 g/mol. The zero-order valence-electron chi connectivity index (χ0n) is 14.7. The minimum atomic E-state index is -3.43. The topological polar surface area (TPSA) is 78.5 Å². The van der Waals surface area contributed by atoms with Crippen molar-refractivity contribution in [2.24, 2.45) is 5.92 Å². The fourth-order valence-corrected chi connectivity index (χ4v) is 5.26. The zero-order valence-corrected chi connectivity index (χ0v) is 16.4. The van der Waals surface area contributed by atoms with Crippen LogP contribution in [-0.2, 0) is 14.8 Å². The molecule has 1 aliphatic carbocycles. The lowest BCUT2D eigenvalue weighted by Crippen LogP contribution is -2.37. The van der Waals surface area contributed by atoms with Crippen molar-refractivity contribution in [3.8, 4) is 0 Å². The Balaban J connectivity index is 1.58. The maximum absolute atomic E-state index is 12.6. The Labute approximate surface area is 160 Å². The Bertz CT molecular complexity index is 750. The number of anilines is 1. The van der Waals surface area contributed by atoms with Gasteiger partial charge in [-0.2, -0.15) is 4.31 Å². The van der Waals surface area contributed by atoms with Crippen LogP contribution in [0.3, 0.4) is 0 Å². The molecule has 1 saturated carbocycles. The fourth-order valence-electron chi connectivity index (χ4n) is 3.53. The smallest absolute Gasteiger partial charge is 0.243 e. The highest BCUT2D eigenvalue weighted by Crippen LogP contribution is 2.25. The van der Waals surface area contributed by atoms with Gasteiger partial charge in [0.1, 0.15) is 0 Å². The van der Waals surface area contributed by atoms with Gasteiger partial charge in [-0.25, -0.2) is 8.42 Å². The first kappa shape index (κ1) is 19.3. The van der Waals surface area contributed by atoms with Crippen LogP contribution in [0.5, 0.6) is 0 Å². The Morgan fingerprint density at radius 2 is 1.62 bits per heavy atom. The molecule has 1 aliphatic heterocycles. The Morgan fingerprint density at radius 3 is 2.23 bits per heavy atom. The third-order valence-electron chi connectivity index (χ3n) is 5.03. The van der Waals surface area contributed by atoms with Gasteiger partial charge in [0.25, 0.3) is 0 Å². The number of piperidine rings is 1. The zero-order chi connectivity index (χ0) is 18.6. The molecule has 0 unspecified atom stereocenters. The van der Waals surface area contributed by atoms with Crippen LogP contribution in [0.2, 0.25) is 0 Å². The molecule has 2 aliphatic rings. The standard InChI is InChI=1S/C18H25N3O3S2/c22-17(14-6-2-3-7-14)20-18(25)19-15-8-10-16(11-9-15)26(23,24)21-12-4-1-5-13-21/h8-11,14H,1-7,12-13H2,(H2,19,20,22,25). The molecule has 0 aromatic heterocycles. The molecule has 26 heavy (non-hydrogen) atoms. The number of nitrogens with zero attached hydrogens (tertiary/aromatic N) is 1. The van der Waals surface area contributed by atoms with E-state index in [1.54, 1.807) is 28.6 Å². The average Bonchev–Trinajstić information content (AvgIpc) is 3.18. The first-order valence-corrected chi connectivity index (χ1v) is 11.0. The first-order chi connectivity index (χ1) is 12.5. The summed E-state index contributed by atoms with van der Waals surface area (Å²) in [5.41, 5.74) is 0.652. The molecule has 1 heterocycles. The molecule has 2 fully saturated rings. The summed E-state index contributed by atoms with van der Waals surface area (Å²) in [6, 6.07) is 6.50. The van der Waals surface area contributed by atoms with Gasteiger partial charge in [-0.05, 0) is 62.2 Å². The number of rotatable bonds is 4. The van der Waals surface area contributed by atoms with Gasteiger partial charge in [0.15, 0.2) is 5.11 Å². The maximum Gasteiger partial charge on any atom is 0.243 e. The number of carbonyl (C=O) groups excluding carboxylic acids is 1. The summed E-state index contributed by atoms with van der Waals surface area (Å²) in [4.78, 5) is 12.4. The van der Waals surface area contributed by atoms with E-state index >= 15 is 0 Å². The highest BCUT2D eigenvalue weighted by atomic mass is 32.2. The fraction of sp³-hybridized carbons (Fsp3) is 0.556. The van der Waals surface area contributed by atoms with Gasteiger partial charge in [-0.1, -0.05) is 19.3 Å². The van der Waals surface area contributed by atoms with E-state index in [2.05, 4.69) is 10.6 Å². The van der Waals surface area contributed by atoms with Crippen molar-refractivity contribution in [1.29, 1.82) is 0 Å². The molecule has 3 rings (SSSR count). The second kappa shape index (κ2) is 8.45. The third kappa shape index (κ3) is 4.61. The summed E-state index contributed by atoms with van der Waals surface area (Å²) >= 11 is 5.19. The number of carbonyl (C=O) groups is 1. The normalized spacial score (nSPS) is 19.2. The van der Waals surface area contributed by atoms with E-state index < -0.39 is 10.0 Å². The minimum absolute atomic E-state index is 0.0377. The van der Waals surface area contributed by atoms with Gasteiger partial charge >= 0.3 is 0 Å². The van der Waals surface area contributed by atoms with Crippen molar-refractivity contribution in [2.45, 2.75) is 49.8 Å².